The van der Waals surface area contributed by atoms with E-state index in [2.05, 4.69) is 248 Å². The minimum absolute atomic E-state index is 0.662. The SMILES string of the molecule is c1ccc(-c2ccc(N(c3ccc4c(c3)-c3ccccc3-c3ccccc3O4)c3ccc4c(c3)-c3ccccc3-c3ccccc3C43c4ccccc4-c4c3ccc3oc5ccccc5c43)cc2)cc1. The first-order chi connectivity index (χ1) is 34.7. The zero-order chi connectivity index (χ0) is 45.9. The average Bonchev–Trinajstić information content (AvgIpc) is 3.87. The Morgan fingerprint density at radius 1 is 0.300 bits per heavy atom. The molecule has 3 heteroatoms. The number of furan rings is 1. The Balaban J connectivity index is 1.01. The molecular formula is C67H41NO2. The van der Waals surface area contributed by atoms with Crippen molar-refractivity contribution >= 4 is 39.0 Å². The molecule has 0 fully saturated rings. The number of ether oxygens (including phenoxy) is 1. The monoisotopic (exact) mass is 891 g/mol. The Hall–Kier alpha value is -9.18. The largest absolute Gasteiger partial charge is 0.456 e. The third-order valence-electron chi connectivity index (χ3n) is 15.1. The predicted molar refractivity (Wildman–Crippen MR) is 287 cm³/mol. The molecule has 11 aromatic carbocycles. The molecule has 0 radical (unpaired) electrons. The lowest BCUT2D eigenvalue weighted by molar-refractivity contribution is 0.488. The molecule has 12 aromatic rings. The van der Waals surface area contributed by atoms with Crippen LogP contribution in [0.3, 0.4) is 0 Å². The highest BCUT2D eigenvalue weighted by molar-refractivity contribution is 6.16. The summed E-state index contributed by atoms with van der Waals surface area (Å²) < 4.78 is 13.4. The van der Waals surface area contributed by atoms with Crippen molar-refractivity contribution < 1.29 is 9.15 Å². The first-order valence-electron chi connectivity index (χ1n) is 24.1. The first-order valence-corrected chi connectivity index (χ1v) is 24.1. The van der Waals surface area contributed by atoms with Crippen molar-refractivity contribution in [2.24, 2.45) is 0 Å². The van der Waals surface area contributed by atoms with Crippen LogP contribution in [-0.2, 0) is 5.41 Å². The number of hydrogen-bond acceptors (Lipinski definition) is 3. The highest BCUT2D eigenvalue weighted by Gasteiger charge is 2.50. The van der Waals surface area contributed by atoms with Crippen molar-refractivity contribution in [3.63, 3.8) is 0 Å². The number of benzene rings is 11. The van der Waals surface area contributed by atoms with Gasteiger partial charge in [0, 0.05) is 39.0 Å². The lowest BCUT2D eigenvalue weighted by Crippen LogP contribution is -2.29. The molecule has 1 atom stereocenters. The van der Waals surface area contributed by atoms with Gasteiger partial charge in [0.2, 0.25) is 0 Å². The van der Waals surface area contributed by atoms with Crippen molar-refractivity contribution in [2.45, 2.75) is 5.41 Å². The number of nitrogens with zero attached hydrogens (tertiary/aromatic N) is 1. The van der Waals surface area contributed by atoms with Gasteiger partial charge in [0.25, 0.3) is 0 Å². The maximum atomic E-state index is 6.79. The summed E-state index contributed by atoms with van der Waals surface area (Å²) in [6, 6.07) is 90.7. The van der Waals surface area contributed by atoms with Crippen LogP contribution in [0.5, 0.6) is 11.5 Å². The second-order valence-corrected chi connectivity index (χ2v) is 18.6. The first kappa shape index (κ1) is 38.9. The van der Waals surface area contributed by atoms with Gasteiger partial charge in [-0.2, -0.15) is 0 Å². The second-order valence-electron chi connectivity index (χ2n) is 18.6. The van der Waals surface area contributed by atoms with E-state index >= 15 is 0 Å². The molecular weight excluding hydrogens is 851 g/mol. The zero-order valence-electron chi connectivity index (χ0n) is 37.9. The number of para-hydroxylation sites is 2. The van der Waals surface area contributed by atoms with Crippen molar-refractivity contribution in [3.8, 4) is 78.3 Å². The standard InChI is InChI=1S/C67H41NO2/c1-2-16-42(17-3-1)43-30-32-44(33-31-43)68(46-35-38-63-56(41-46)50-21-7-5-19-48(50)52-23-10-14-28-61(52)69-63)45-34-36-59-55(40-45)49-20-6-4-18-47(49)51-22-8-12-26-57(51)67(59)58-27-13-9-24-53(58)65-60(67)37-39-64-66(65)54-25-11-15-29-62(54)70-64/h1-41H. The fraction of sp³-hybridized carbons (Fsp3) is 0.0149. The smallest absolute Gasteiger partial charge is 0.136 e. The normalized spacial score (nSPS) is 14.5. The molecule has 3 aliphatic rings. The Kier molecular flexibility index (Phi) is 8.28. The van der Waals surface area contributed by atoms with Gasteiger partial charge in [0.1, 0.15) is 22.7 Å². The van der Waals surface area contributed by atoms with Crippen LogP contribution < -0.4 is 9.64 Å². The third-order valence-corrected chi connectivity index (χ3v) is 15.1. The minimum atomic E-state index is -0.662. The van der Waals surface area contributed by atoms with Gasteiger partial charge >= 0.3 is 0 Å². The summed E-state index contributed by atoms with van der Waals surface area (Å²) in [5.74, 6) is 1.68. The van der Waals surface area contributed by atoms with E-state index < -0.39 is 5.41 Å². The topological polar surface area (TPSA) is 25.6 Å². The van der Waals surface area contributed by atoms with E-state index in [-0.39, 0.29) is 0 Å². The van der Waals surface area contributed by atoms with E-state index in [1.807, 2.05) is 6.07 Å². The third kappa shape index (κ3) is 5.46. The van der Waals surface area contributed by atoms with Crippen molar-refractivity contribution in [2.75, 3.05) is 4.90 Å². The lowest BCUT2D eigenvalue weighted by Gasteiger charge is -2.36. The molecule has 15 rings (SSSR count). The van der Waals surface area contributed by atoms with Gasteiger partial charge in [-0.15, -0.1) is 0 Å². The molecule has 1 aliphatic heterocycles. The highest BCUT2D eigenvalue weighted by Crippen LogP contribution is 2.63. The summed E-state index contributed by atoms with van der Waals surface area (Å²) in [5, 5.41) is 2.30. The van der Waals surface area contributed by atoms with Crippen LogP contribution in [0, 0.1) is 0 Å². The lowest BCUT2D eigenvalue weighted by atomic mass is 9.66. The van der Waals surface area contributed by atoms with Gasteiger partial charge in [0.15, 0.2) is 0 Å². The number of hydrogen-bond donors (Lipinski definition) is 0. The quantitative estimate of drug-likeness (QED) is 0.176. The Labute approximate surface area is 405 Å². The van der Waals surface area contributed by atoms with Gasteiger partial charge in [-0.25, -0.2) is 0 Å². The molecule has 70 heavy (non-hydrogen) atoms. The van der Waals surface area contributed by atoms with Gasteiger partial charge in [0.05, 0.1) is 5.41 Å². The van der Waals surface area contributed by atoms with Crippen LogP contribution in [0.15, 0.2) is 253 Å². The van der Waals surface area contributed by atoms with Crippen molar-refractivity contribution in [3.05, 3.63) is 271 Å². The summed E-state index contributed by atoms with van der Waals surface area (Å²) in [6.45, 7) is 0. The predicted octanol–water partition coefficient (Wildman–Crippen LogP) is 18.2. The molecule has 326 valence electrons. The Morgan fingerprint density at radius 2 is 0.800 bits per heavy atom. The van der Waals surface area contributed by atoms with Crippen LogP contribution in [0.25, 0.3) is 88.7 Å². The average molecular weight is 892 g/mol. The molecule has 1 aromatic heterocycles. The zero-order valence-corrected chi connectivity index (χ0v) is 37.9. The Bertz CT molecular complexity index is 4110. The van der Waals surface area contributed by atoms with E-state index in [1.54, 1.807) is 0 Å². The summed E-state index contributed by atoms with van der Waals surface area (Å²) in [7, 11) is 0. The number of anilines is 3. The molecule has 1 unspecified atom stereocenters. The van der Waals surface area contributed by atoms with Gasteiger partial charge in [-0.05, 0) is 139 Å². The maximum Gasteiger partial charge on any atom is 0.136 e. The van der Waals surface area contributed by atoms with E-state index in [4.69, 9.17) is 9.15 Å². The van der Waals surface area contributed by atoms with Crippen LogP contribution in [0.2, 0.25) is 0 Å². The van der Waals surface area contributed by atoms with Crippen molar-refractivity contribution in [1.82, 2.24) is 0 Å². The molecule has 2 heterocycles. The van der Waals surface area contributed by atoms with Gasteiger partial charge in [-0.1, -0.05) is 188 Å². The molecule has 0 saturated carbocycles. The summed E-state index contributed by atoms with van der Waals surface area (Å²) in [6.07, 6.45) is 0. The minimum Gasteiger partial charge on any atom is -0.456 e. The fourth-order valence-corrected chi connectivity index (χ4v) is 12.2. The summed E-state index contributed by atoms with van der Waals surface area (Å²) >= 11 is 0. The molecule has 0 amide bonds. The van der Waals surface area contributed by atoms with Crippen LogP contribution in [0.4, 0.5) is 17.1 Å². The van der Waals surface area contributed by atoms with Crippen LogP contribution >= 0.6 is 0 Å². The summed E-state index contributed by atoms with van der Waals surface area (Å²) in [4.78, 5) is 2.42. The molecule has 0 N–H and O–H groups in total. The maximum absolute atomic E-state index is 6.79. The Morgan fingerprint density at radius 3 is 1.57 bits per heavy atom. The van der Waals surface area contributed by atoms with Gasteiger partial charge in [-0.3, -0.25) is 0 Å². The number of rotatable bonds is 4. The summed E-state index contributed by atoms with van der Waals surface area (Å²) in [5.41, 5.74) is 23.4. The molecule has 1 spiro atoms. The molecule has 2 aliphatic carbocycles. The van der Waals surface area contributed by atoms with E-state index in [9.17, 15) is 0 Å². The molecule has 0 bridgehead atoms. The van der Waals surface area contributed by atoms with Crippen molar-refractivity contribution in [1.29, 1.82) is 0 Å². The fourth-order valence-electron chi connectivity index (χ4n) is 12.2. The molecule has 0 saturated heterocycles. The van der Waals surface area contributed by atoms with Crippen LogP contribution in [0.1, 0.15) is 22.3 Å². The number of fused-ring (bicyclic) bond motifs is 21. The van der Waals surface area contributed by atoms with E-state index in [1.165, 1.54) is 66.8 Å². The van der Waals surface area contributed by atoms with Crippen LogP contribution in [-0.4, -0.2) is 0 Å². The van der Waals surface area contributed by atoms with E-state index in [0.717, 1.165) is 72.8 Å². The second kappa shape index (κ2) is 14.9. The molecule has 3 nitrogen and oxygen atoms in total. The highest BCUT2D eigenvalue weighted by atomic mass is 16.5. The van der Waals surface area contributed by atoms with E-state index in [0.29, 0.717) is 0 Å². The van der Waals surface area contributed by atoms with Gasteiger partial charge < -0.3 is 14.1 Å².